The van der Waals surface area contributed by atoms with E-state index in [0.717, 1.165) is 41.1 Å². The van der Waals surface area contributed by atoms with Gasteiger partial charge in [0, 0.05) is 24.4 Å². The highest BCUT2D eigenvalue weighted by Gasteiger charge is 2.27. The molecular formula is C21H19N5O. The minimum absolute atomic E-state index is 0.266. The highest BCUT2D eigenvalue weighted by molar-refractivity contribution is 5.76. The highest BCUT2D eigenvalue weighted by Crippen LogP contribution is 2.35. The Hall–Kier alpha value is -3.12. The fraction of sp³-hybridized carbons (Fsp3) is 0.238. The van der Waals surface area contributed by atoms with Crippen molar-refractivity contribution in [2.45, 2.75) is 31.9 Å². The van der Waals surface area contributed by atoms with Crippen molar-refractivity contribution in [2.75, 3.05) is 0 Å². The Bertz CT molecular complexity index is 1100. The molecule has 6 nitrogen and oxygen atoms in total. The Morgan fingerprint density at radius 1 is 1.04 bits per heavy atom. The minimum atomic E-state index is -0.681. The maximum Gasteiger partial charge on any atom is 0.161 e. The van der Waals surface area contributed by atoms with Crippen LogP contribution in [0.25, 0.3) is 22.4 Å². The van der Waals surface area contributed by atoms with Gasteiger partial charge in [-0.3, -0.25) is 0 Å². The van der Waals surface area contributed by atoms with Gasteiger partial charge in [0.05, 0.1) is 11.7 Å². The highest BCUT2D eigenvalue weighted by atomic mass is 16.3. The van der Waals surface area contributed by atoms with Gasteiger partial charge in [-0.1, -0.05) is 30.3 Å². The van der Waals surface area contributed by atoms with Crippen molar-refractivity contribution in [1.82, 2.24) is 24.5 Å². The third-order valence-electron chi connectivity index (χ3n) is 5.09. The third kappa shape index (κ3) is 2.69. The molecule has 0 saturated heterocycles. The second-order valence-corrected chi connectivity index (χ2v) is 6.91. The maximum atomic E-state index is 9.59. The van der Waals surface area contributed by atoms with Crippen LogP contribution in [0.1, 0.15) is 42.7 Å². The number of rotatable bonds is 3. The molecule has 27 heavy (non-hydrogen) atoms. The van der Waals surface area contributed by atoms with Crippen molar-refractivity contribution in [1.29, 1.82) is 0 Å². The lowest BCUT2D eigenvalue weighted by molar-refractivity contribution is 0.189. The summed E-state index contributed by atoms with van der Waals surface area (Å²) in [5.74, 6) is 1.50. The molecule has 0 spiro atoms. The van der Waals surface area contributed by atoms with Crippen LogP contribution >= 0.6 is 0 Å². The van der Waals surface area contributed by atoms with Gasteiger partial charge in [0.25, 0.3) is 0 Å². The summed E-state index contributed by atoms with van der Waals surface area (Å²) in [5.41, 5.74) is 4.73. The molecule has 0 fully saturated rings. The Kier molecular flexibility index (Phi) is 3.72. The number of aliphatic hydroxyl groups is 1. The molecule has 0 saturated carbocycles. The van der Waals surface area contributed by atoms with Gasteiger partial charge in [-0.15, -0.1) is 0 Å². The SMILES string of the molecule is CC(O)c1ncc(-c2ccc3nc4n(c3n2)[C@@H](c2ccccc2)CC4)cn1. The average molecular weight is 357 g/mol. The molecule has 3 aromatic heterocycles. The van der Waals surface area contributed by atoms with E-state index in [1.54, 1.807) is 19.3 Å². The van der Waals surface area contributed by atoms with Gasteiger partial charge >= 0.3 is 0 Å². The number of imidazole rings is 1. The van der Waals surface area contributed by atoms with E-state index in [4.69, 9.17) is 9.97 Å². The number of benzene rings is 1. The van der Waals surface area contributed by atoms with Gasteiger partial charge in [0.2, 0.25) is 0 Å². The van der Waals surface area contributed by atoms with E-state index in [-0.39, 0.29) is 6.04 Å². The summed E-state index contributed by atoms with van der Waals surface area (Å²) >= 11 is 0. The fourth-order valence-electron chi connectivity index (χ4n) is 3.76. The van der Waals surface area contributed by atoms with Crippen LogP contribution in [0.4, 0.5) is 0 Å². The number of hydrogen-bond donors (Lipinski definition) is 1. The first-order valence-corrected chi connectivity index (χ1v) is 9.14. The van der Waals surface area contributed by atoms with Crippen molar-refractivity contribution in [3.05, 3.63) is 72.1 Å². The van der Waals surface area contributed by atoms with E-state index >= 15 is 0 Å². The standard InChI is InChI=1S/C21H19N5O/c1-13(27)20-22-11-15(12-23-20)16-7-8-17-21(25-16)26-18(9-10-19(26)24-17)14-5-3-2-4-6-14/h2-8,11-13,18,27H,9-10H2,1H3/t13?,18-/m1/s1. The topological polar surface area (TPSA) is 76.7 Å². The molecule has 0 bridgehead atoms. The molecule has 1 aliphatic heterocycles. The smallest absolute Gasteiger partial charge is 0.161 e. The zero-order chi connectivity index (χ0) is 18.4. The van der Waals surface area contributed by atoms with Crippen LogP contribution in [0.2, 0.25) is 0 Å². The zero-order valence-electron chi connectivity index (χ0n) is 14.9. The van der Waals surface area contributed by atoms with E-state index in [9.17, 15) is 5.11 Å². The summed E-state index contributed by atoms with van der Waals surface area (Å²) in [5, 5.41) is 9.59. The number of fused-ring (bicyclic) bond motifs is 3. The number of hydrogen-bond acceptors (Lipinski definition) is 5. The van der Waals surface area contributed by atoms with Gasteiger partial charge in [-0.05, 0) is 31.0 Å². The van der Waals surface area contributed by atoms with Crippen LogP contribution in [0, 0.1) is 0 Å². The largest absolute Gasteiger partial charge is 0.385 e. The fourth-order valence-corrected chi connectivity index (χ4v) is 3.76. The Balaban J connectivity index is 1.60. The summed E-state index contributed by atoms with van der Waals surface area (Å²) in [6.45, 7) is 1.65. The first-order valence-electron chi connectivity index (χ1n) is 9.14. The molecule has 0 amide bonds. The summed E-state index contributed by atoms with van der Waals surface area (Å²) < 4.78 is 2.26. The van der Waals surface area contributed by atoms with Crippen molar-refractivity contribution in [3.63, 3.8) is 0 Å². The second kappa shape index (κ2) is 6.25. The normalized spacial score (nSPS) is 17.2. The summed E-state index contributed by atoms with van der Waals surface area (Å²) in [7, 11) is 0. The molecule has 1 aromatic carbocycles. The predicted molar refractivity (Wildman–Crippen MR) is 102 cm³/mol. The molecule has 6 heteroatoms. The number of aliphatic hydroxyl groups excluding tert-OH is 1. The Labute approximate surface area is 156 Å². The van der Waals surface area contributed by atoms with Gasteiger partial charge < -0.3 is 9.67 Å². The zero-order valence-corrected chi connectivity index (χ0v) is 14.9. The van der Waals surface area contributed by atoms with Crippen molar-refractivity contribution in [3.8, 4) is 11.3 Å². The molecule has 1 unspecified atom stereocenters. The van der Waals surface area contributed by atoms with Gasteiger partial charge in [0.15, 0.2) is 11.5 Å². The van der Waals surface area contributed by atoms with Crippen molar-refractivity contribution >= 4 is 11.2 Å². The maximum absolute atomic E-state index is 9.59. The van der Waals surface area contributed by atoms with Crippen molar-refractivity contribution < 1.29 is 5.11 Å². The van der Waals surface area contributed by atoms with E-state index in [1.165, 1.54) is 5.56 Å². The number of aryl methyl sites for hydroxylation is 1. The summed E-state index contributed by atoms with van der Waals surface area (Å²) in [6, 6.07) is 14.7. The number of pyridine rings is 1. The minimum Gasteiger partial charge on any atom is -0.385 e. The lowest BCUT2D eigenvalue weighted by Crippen LogP contribution is -2.06. The summed E-state index contributed by atoms with van der Waals surface area (Å²) in [6.07, 6.45) is 4.73. The average Bonchev–Trinajstić information content (AvgIpc) is 3.27. The van der Waals surface area contributed by atoms with E-state index in [2.05, 4.69) is 38.8 Å². The molecule has 0 aliphatic carbocycles. The van der Waals surface area contributed by atoms with Crippen LogP contribution in [-0.2, 0) is 6.42 Å². The second-order valence-electron chi connectivity index (χ2n) is 6.91. The molecule has 5 rings (SSSR count). The lowest BCUT2D eigenvalue weighted by atomic mass is 10.0. The molecule has 1 N–H and O–H groups in total. The number of aromatic nitrogens is 5. The van der Waals surface area contributed by atoms with Crippen LogP contribution in [-0.4, -0.2) is 29.6 Å². The van der Waals surface area contributed by atoms with E-state index in [0.29, 0.717) is 5.82 Å². The molecular weight excluding hydrogens is 338 g/mol. The first-order chi connectivity index (χ1) is 13.2. The van der Waals surface area contributed by atoms with E-state index in [1.807, 2.05) is 18.2 Å². The van der Waals surface area contributed by atoms with Crippen LogP contribution in [0.3, 0.4) is 0 Å². The van der Waals surface area contributed by atoms with Crippen LogP contribution in [0.5, 0.6) is 0 Å². The molecule has 4 aromatic rings. The lowest BCUT2D eigenvalue weighted by Gasteiger charge is -2.14. The Morgan fingerprint density at radius 3 is 2.56 bits per heavy atom. The summed E-state index contributed by atoms with van der Waals surface area (Å²) in [4.78, 5) is 18.1. The molecule has 4 heterocycles. The quantitative estimate of drug-likeness (QED) is 0.607. The van der Waals surface area contributed by atoms with Gasteiger partial charge in [-0.2, -0.15) is 0 Å². The van der Waals surface area contributed by atoms with Gasteiger partial charge in [-0.25, -0.2) is 19.9 Å². The van der Waals surface area contributed by atoms with E-state index < -0.39 is 6.10 Å². The van der Waals surface area contributed by atoms with Crippen molar-refractivity contribution in [2.24, 2.45) is 0 Å². The molecule has 1 aliphatic rings. The first kappa shape index (κ1) is 16.1. The van der Waals surface area contributed by atoms with Gasteiger partial charge in [0.1, 0.15) is 17.4 Å². The predicted octanol–water partition coefficient (Wildman–Crippen LogP) is 3.48. The van der Waals surface area contributed by atoms with Crippen LogP contribution in [0.15, 0.2) is 54.9 Å². The third-order valence-corrected chi connectivity index (χ3v) is 5.09. The van der Waals surface area contributed by atoms with Crippen LogP contribution < -0.4 is 0 Å². The molecule has 0 radical (unpaired) electrons. The molecule has 134 valence electrons. The monoisotopic (exact) mass is 357 g/mol. The Morgan fingerprint density at radius 2 is 1.81 bits per heavy atom. The number of nitrogens with zero attached hydrogens (tertiary/aromatic N) is 5. The molecule has 2 atom stereocenters.